The number of hydrogen-bond acceptors (Lipinski definition) is 2. The zero-order valence-corrected chi connectivity index (χ0v) is 9.93. The minimum absolute atomic E-state index is 0.142. The van der Waals surface area contributed by atoms with E-state index in [1.165, 1.54) is 6.07 Å². The monoisotopic (exact) mass is 277 g/mol. The van der Waals surface area contributed by atoms with Gasteiger partial charge in [0, 0.05) is 16.6 Å². The van der Waals surface area contributed by atoms with E-state index in [1.54, 1.807) is 12.1 Å². The van der Waals surface area contributed by atoms with E-state index in [-0.39, 0.29) is 5.02 Å². The van der Waals surface area contributed by atoms with Gasteiger partial charge in [-0.1, -0.05) is 23.2 Å². The van der Waals surface area contributed by atoms with Crippen LogP contribution in [-0.4, -0.2) is 16.7 Å². The summed E-state index contributed by atoms with van der Waals surface area (Å²) in [4.78, 5) is 3.86. The lowest BCUT2D eigenvalue weighted by Gasteiger charge is -2.15. The quantitative estimate of drug-likeness (QED) is 0.910. The van der Waals surface area contributed by atoms with Crippen LogP contribution in [0.4, 0.5) is 8.78 Å². The minimum atomic E-state index is -3.42. The average molecular weight is 278 g/mol. The molecule has 2 rings (SSSR count). The maximum atomic E-state index is 13.4. The molecule has 0 aliphatic rings. The molecular weight excluding hydrogens is 271 g/mol. The normalized spacial score (nSPS) is 12.1. The fourth-order valence-electron chi connectivity index (χ4n) is 1.47. The molecule has 0 aliphatic carbocycles. The predicted molar refractivity (Wildman–Crippen MR) is 62.7 cm³/mol. The molecule has 1 aromatic heterocycles. The lowest BCUT2D eigenvalue weighted by Crippen LogP contribution is -2.19. The molecule has 2 nitrogen and oxygen atoms in total. The number of nitrogens with zero attached hydrogens (tertiary/aromatic N) is 1. The second-order valence-electron chi connectivity index (χ2n) is 3.51. The summed E-state index contributed by atoms with van der Waals surface area (Å²) in [6.07, 6.45) is 0.967. The van der Waals surface area contributed by atoms with E-state index in [9.17, 15) is 8.78 Å². The molecule has 0 aliphatic heterocycles. The molecule has 6 heteroatoms. The van der Waals surface area contributed by atoms with Crippen LogP contribution in [-0.2, 0) is 5.92 Å². The first-order chi connectivity index (χ1) is 7.95. The fraction of sp³-hybridized carbons (Fsp3) is 0.182. The smallest absolute Gasteiger partial charge is 0.298 e. The van der Waals surface area contributed by atoms with Gasteiger partial charge < -0.3 is 5.11 Å². The third-order valence-corrected chi connectivity index (χ3v) is 3.00. The van der Waals surface area contributed by atoms with Crippen molar-refractivity contribution in [3.8, 4) is 0 Å². The van der Waals surface area contributed by atoms with Crippen LogP contribution in [0.3, 0.4) is 0 Å². The maximum Gasteiger partial charge on any atom is 0.298 e. The first-order valence-electron chi connectivity index (χ1n) is 4.68. The molecular formula is C11H7Cl2F2NO. The van der Waals surface area contributed by atoms with Crippen molar-refractivity contribution >= 4 is 34.1 Å². The molecule has 0 saturated carbocycles. The maximum absolute atomic E-state index is 13.4. The van der Waals surface area contributed by atoms with Crippen LogP contribution in [0.1, 0.15) is 5.56 Å². The van der Waals surface area contributed by atoms with Crippen molar-refractivity contribution < 1.29 is 13.9 Å². The number of rotatable bonds is 2. The number of aliphatic hydroxyl groups is 1. The zero-order valence-electron chi connectivity index (χ0n) is 8.42. The largest absolute Gasteiger partial charge is 0.390 e. The van der Waals surface area contributed by atoms with E-state index in [2.05, 4.69) is 4.98 Å². The summed E-state index contributed by atoms with van der Waals surface area (Å²) in [5.41, 5.74) is -0.0340. The molecule has 0 radical (unpaired) electrons. The Morgan fingerprint density at radius 2 is 2.00 bits per heavy atom. The minimum Gasteiger partial charge on any atom is -0.390 e. The van der Waals surface area contributed by atoms with E-state index in [0.717, 1.165) is 6.20 Å². The Bertz CT molecular complexity index is 575. The SMILES string of the molecule is OCC(F)(F)c1cnc2ccc(Cl)cc2c1Cl. The average Bonchev–Trinajstić information content (AvgIpc) is 2.30. The fourth-order valence-corrected chi connectivity index (χ4v) is 1.98. The highest BCUT2D eigenvalue weighted by Crippen LogP contribution is 2.36. The second kappa shape index (κ2) is 4.37. The van der Waals surface area contributed by atoms with Crippen LogP contribution in [0.15, 0.2) is 24.4 Å². The van der Waals surface area contributed by atoms with Crippen LogP contribution in [0.5, 0.6) is 0 Å². The summed E-state index contributed by atoms with van der Waals surface area (Å²) in [5.74, 6) is -3.42. The van der Waals surface area contributed by atoms with Crippen LogP contribution in [0.2, 0.25) is 10.0 Å². The van der Waals surface area contributed by atoms with Gasteiger partial charge >= 0.3 is 0 Å². The van der Waals surface area contributed by atoms with E-state index in [4.69, 9.17) is 28.3 Å². The summed E-state index contributed by atoms with van der Waals surface area (Å²) in [6.45, 7) is -1.32. The van der Waals surface area contributed by atoms with E-state index < -0.39 is 18.1 Å². The molecule has 0 unspecified atom stereocenters. The highest BCUT2D eigenvalue weighted by Gasteiger charge is 2.34. The Morgan fingerprint density at radius 3 is 2.65 bits per heavy atom. The van der Waals surface area contributed by atoms with E-state index in [1.807, 2.05) is 0 Å². The van der Waals surface area contributed by atoms with Gasteiger partial charge in [-0.15, -0.1) is 0 Å². The Morgan fingerprint density at radius 1 is 1.29 bits per heavy atom. The molecule has 2 aromatic rings. The number of aliphatic hydroxyl groups excluding tert-OH is 1. The second-order valence-corrected chi connectivity index (χ2v) is 4.32. The van der Waals surface area contributed by atoms with Gasteiger partial charge in [-0.25, -0.2) is 0 Å². The molecule has 1 aromatic carbocycles. The molecule has 0 spiro atoms. The van der Waals surface area contributed by atoms with Gasteiger partial charge in [-0.2, -0.15) is 8.78 Å². The zero-order chi connectivity index (χ0) is 12.6. The molecule has 0 saturated heterocycles. The molecule has 0 bridgehead atoms. The van der Waals surface area contributed by atoms with Gasteiger partial charge in [-0.3, -0.25) is 4.98 Å². The van der Waals surface area contributed by atoms with Gasteiger partial charge in [0.15, 0.2) is 0 Å². The summed E-state index contributed by atoms with van der Waals surface area (Å²) in [7, 11) is 0. The highest BCUT2D eigenvalue weighted by molar-refractivity contribution is 6.37. The van der Waals surface area contributed by atoms with Gasteiger partial charge in [-0.05, 0) is 18.2 Å². The van der Waals surface area contributed by atoms with Gasteiger partial charge in [0.25, 0.3) is 5.92 Å². The van der Waals surface area contributed by atoms with Crippen molar-refractivity contribution in [1.82, 2.24) is 4.98 Å². The Hall–Kier alpha value is -0.970. The third kappa shape index (κ3) is 2.20. The van der Waals surface area contributed by atoms with Gasteiger partial charge in [0.1, 0.15) is 6.61 Å². The molecule has 0 atom stereocenters. The Balaban J connectivity index is 2.73. The molecule has 17 heavy (non-hydrogen) atoms. The van der Waals surface area contributed by atoms with Crippen LogP contribution in [0.25, 0.3) is 10.9 Å². The van der Waals surface area contributed by atoms with Crippen molar-refractivity contribution in [2.45, 2.75) is 5.92 Å². The highest BCUT2D eigenvalue weighted by atomic mass is 35.5. The first kappa shape index (κ1) is 12.5. The lowest BCUT2D eigenvalue weighted by atomic mass is 10.1. The molecule has 90 valence electrons. The number of pyridine rings is 1. The predicted octanol–water partition coefficient (Wildman–Crippen LogP) is 3.63. The lowest BCUT2D eigenvalue weighted by molar-refractivity contribution is -0.0556. The molecule has 0 fully saturated rings. The van der Waals surface area contributed by atoms with Crippen LogP contribution in [0, 0.1) is 0 Å². The number of benzene rings is 1. The van der Waals surface area contributed by atoms with Crippen molar-refractivity contribution in [3.63, 3.8) is 0 Å². The van der Waals surface area contributed by atoms with Crippen molar-refractivity contribution in [2.75, 3.05) is 6.61 Å². The number of aromatic nitrogens is 1. The van der Waals surface area contributed by atoms with Crippen LogP contribution >= 0.6 is 23.2 Å². The van der Waals surface area contributed by atoms with E-state index >= 15 is 0 Å². The Kier molecular flexibility index (Phi) is 3.21. The summed E-state index contributed by atoms with van der Waals surface area (Å²) < 4.78 is 26.7. The number of fused-ring (bicyclic) bond motifs is 1. The number of halogens is 4. The molecule has 1 heterocycles. The van der Waals surface area contributed by atoms with E-state index in [0.29, 0.717) is 15.9 Å². The molecule has 1 N–H and O–H groups in total. The summed E-state index contributed by atoms with van der Waals surface area (Å²) >= 11 is 11.7. The summed E-state index contributed by atoms with van der Waals surface area (Å²) in [6, 6.07) is 4.64. The number of hydrogen-bond donors (Lipinski definition) is 1. The van der Waals surface area contributed by atoms with Crippen molar-refractivity contribution in [1.29, 1.82) is 0 Å². The van der Waals surface area contributed by atoms with Crippen LogP contribution < -0.4 is 0 Å². The Labute approximate surface area is 106 Å². The topological polar surface area (TPSA) is 33.1 Å². The van der Waals surface area contributed by atoms with Gasteiger partial charge in [0.2, 0.25) is 0 Å². The van der Waals surface area contributed by atoms with Gasteiger partial charge in [0.05, 0.1) is 16.1 Å². The number of alkyl halides is 2. The first-order valence-corrected chi connectivity index (χ1v) is 5.44. The third-order valence-electron chi connectivity index (χ3n) is 2.36. The standard InChI is InChI=1S/C11H7Cl2F2NO/c12-6-1-2-9-7(3-6)10(13)8(4-16-9)11(14,15)5-17/h1-4,17H,5H2. The van der Waals surface area contributed by atoms with Crippen molar-refractivity contribution in [2.24, 2.45) is 0 Å². The molecule has 0 amide bonds. The summed E-state index contributed by atoms with van der Waals surface area (Å²) in [5, 5.41) is 9.21. The van der Waals surface area contributed by atoms with Crippen molar-refractivity contribution in [3.05, 3.63) is 40.0 Å².